The van der Waals surface area contributed by atoms with Crippen molar-refractivity contribution in [3.05, 3.63) is 66.2 Å². The first-order valence-electron chi connectivity index (χ1n) is 5.88. The molecule has 6 nitrogen and oxygen atoms in total. The third-order valence-electron chi connectivity index (χ3n) is 1.87. The fraction of sp³-hybridized carbons (Fsp3) is 0.0625. The van der Waals surface area contributed by atoms with Crippen LogP contribution in [0.3, 0.4) is 0 Å². The Balaban J connectivity index is 0. The molecule has 0 heterocycles. The monoisotopic (exact) mass is 297 g/mol. The Labute approximate surface area is 128 Å². The first-order valence-corrected chi connectivity index (χ1v) is 5.88. The van der Waals surface area contributed by atoms with Crippen LogP contribution in [-0.2, 0) is 14.4 Å². The van der Waals surface area contributed by atoms with Crippen LogP contribution in [0.25, 0.3) is 0 Å². The number of hydrogen-bond acceptors (Lipinski definition) is 6. The van der Waals surface area contributed by atoms with Crippen LogP contribution in [0.2, 0.25) is 0 Å². The molecule has 0 aliphatic heterocycles. The predicted octanol–water partition coefficient (Wildman–Crippen LogP) is 3.45. The third kappa shape index (κ3) is 16.6. The van der Waals surface area contributed by atoms with E-state index in [2.05, 4.69) is 24.0 Å². The highest BCUT2D eigenvalue weighted by molar-refractivity contribution is 5.47. The van der Waals surface area contributed by atoms with Crippen molar-refractivity contribution < 1.29 is 14.4 Å². The maximum Gasteiger partial charge on any atom is 0.240 e. The van der Waals surface area contributed by atoms with Gasteiger partial charge >= 0.3 is 0 Å². The largest absolute Gasteiger partial charge is 0.240 e. The molecule has 2 aromatic rings. The molecule has 0 fully saturated rings. The van der Waals surface area contributed by atoms with Gasteiger partial charge in [0.25, 0.3) is 0 Å². The quantitative estimate of drug-likeness (QED) is 0.621. The summed E-state index contributed by atoms with van der Waals surface area (Å²) in [5, 5.41) is 10.8. The number of aryl methyl sites for hydroxylation is 1. The highest BCUT2D eigenvalue weighted by Crippen LogP contribution is 2.06. The summed E-state index contributed by atoms with van der Waals surface area (Å²) in [5.74, 6) is 0. The highest BCUT2D eigenvalue weighted by Gasteiger charge is 1.80. The molecule has 2 N–H and O–H groups in total. The predicted molar refractivity (Wildman–Crippen MR) is 82.2 cm³/mol. The zero-order valence-electron chi connectivity index (χ0n) is 11.9. The van der Waals surface area contributed by atoms with Gasteiger partial charge < -0.3 is 0 Å². The van der Waals surface area contributed by atoms with Crippen LogP contribution in [-0.4, -0.2) is 18.2 Å². The molecule has 0 unspecified atom stereocenters. The van der Waals surface area contributed by atoms with Crippen LogP contribution < -0.4 is 0 Å². The Bertz CT molecular complexity index is 598. The fourth-order valence-corrected chi connectivity index (χ4v) is 1.09. The molecule has 22 heavy (non-hydrogen) atoms. The average Bonchev–Trinajstić information content (AvgIpc) is 2.52. The van der Waals surface area contributed by atoms with E-state index in [0.717, 1.165) is 12.2 Å². The van der Waals surface area contributed by atoms with Crippen molar-refractivity contribution >= 4 is 23.9 Å². The highest BCUT2D eigenvalue weighted by atomic mass is 16.1. The van der Waals surface area contributed by atoms with Crippen molar-refractivity contribution in [2.75, 3.05) is 0 Å². The second-order valence-electron chi connectivity index (χ2n) is 3.40. The van der Waals surface area contributed by atoms with Crippen LogP contribution in [0.5, 0.6) is 0 Å². The van der Waals surface area contributed by atoms with Crippen molar-refractivity contribution in [2.24, 2.45) is 4.99 Å². The number of nitrogens with one attached hydrogen (secondary N) is 2. The molecule has 0 aliphatic rings. The van der Waals surface area contributed by atoms with E-state index in [1.807, 2.05) is 36.4 Å². The first-order chi connectivity index (χ1) is 10.7. The second-order valence-corrected chi connectivity index (χ2v) is 3.40. The summed E-state index contributed by atoms with van der Waals surface area (Å²) in [6, 6.07) is 19.2. The zero-order chi connectivity index (χ0) is 17.1. The summed E-state index contributed by atoms with van der Waals surface area (Å²) in [7, 11) is 0. The standard InChI is InChI=1S/C7H5NO.C7H8.2CHNO/c9-6-8-7-4-2-1-3-5-7;1-7-5-3-2-4-6-7;2*2-1-3/h1-5H;2-6H,1H3;2*2H. The lowest BCUT2D eigenvalue weighted by molar-refractivity contribution is 0.562. The lowest BCUT2D eigenvalue weighted by Crippen LogP contribution is -1.62. The fourth-order valence-electron chi connectivity index (χ4n) is 1.09. The van der Waals surface area contributed by atoms with E-state index >= 15 is 0 Å². The average molecular weight is 297 g/mol. The Morgan fingerprint density at radius 2 is 1.14 bits per heavy atom. The Morgan fingerprint density at radius 1 is 0.773 bits per heavy atom. The van der Waals surface area contributed by atoms with E-state index in [4.69, 9.17) is 20.4 Å². The zero-order valence-corrected chi connectivity index (χ0v) is 11.9. The van der Waals surface area contributed by atoms with Crippen LogP contribution in [0.1, 0.15) is 5.56 Å². The molecule has 6 heteroatoms. The van der Waals surface area contributed by atoms with Crippen LogP contribution >= 0.6 is 0 Å². The van der Waals surface area contributed by atoms with Gasteiger partial charge in [0.1, 0.15) is 0 Å². The van der Waals surface area contributed by atoms with Gasteiger partial charge in [0.2, 0.25) is 18.2 Å². The van der Waals surface area contributed by atoms with E-state index < -0.39 is 0 Å². The Morgan fingerprint density at radius 3 is 1.41 bits per heavy atom. The van der Waals surface area contributed by atoms with Gasteiger partial charge in [-0.25, -0.2) is 25.2 Å². The lowest BCUT2D eigenvalue weighted by Gasteiger charge is -1.83. The van der Waals surface area contributed by atoms with Gasteiger partial charge in [-0.15, -0.1) is 0 Å². The van der Waals surface area contributed by atoms with Gasteiger partial charge in [0, 0.05) is 0 Å². The van der Waals surface area contributed by atoms with Gasteiger partial charge in [-0.2, -0.15) is 4.99 Å². The summed E-state index contributed by atoms with van der Waals surface area (Å²) in [6.07, 6.45) is 2.96. The van der Waals surface area contributed by atoms with Crippen molar-refractivity contribution in [1.82, 2.24) is 0 Å². The number of benzene rings is 2. The minimum absolute atomic E-state index is 0.646. The summed E-state index contributed by atoms with van der Waals surface area (Å²) in [4.78, 5) is 29.8. The van der Waals surface area contributed by atoms with Crippen molar-refractivity contribution in [3.8, 4) is 0 Å². The van der Waals surface area contributed by atoms with E-state index in [1.54, 1.807) is 12.1 Å². The smallest absolute Gasteiger partial charge is 0.222 e. The maximum atomic E-state index is 9.68. The van der Waals surface area contributed by atoms with Gasteiger partial charge in [0.05, 0.1) is 5.69 Å². The molecule has 0 atom stereocenters. The van der Waals surface area contributed by atoms with E-state index in [9.17, 15) is 4.79 Å². The molecule has 0 aromatic heterocycles. The minimum Gasteiger partial charge on any atom is -0.222 e. The van der Waals surface area contributed by atoms with Gasteiger partial charge in [0.15, 0.2) is 0 Å². The minimum atomic E-state index is 0.646. The number of hydrogen-bond donors (Lipinski definition) is 2. The number of isocyanates is 3. The van der Waals surface area contributed by atoms with Crippen molar-refractivity contribution in [1.29, 1.82) is 10.8 Å². The molecule has 0 aliphatic carbocycles. The molecule has 0 radical (unpaired) electrons. The Hall–Kier alpha value is -3.42. The number of nitrogens with zero attached hydrogens (tertiary/aromatic N) is 1. The topological polar surface area (TPSA) is 111 Å². The summed E-state index contributed by atoms with van der Waals surface area (Å²) >= 11 is 0. The number of para-hydroxylation sites is 1. The second kappa shape index (κ2) is 17.6. The summed E-state index contributed by atoms with van der Waals surface area (Å²) < 4.78 is 0. The van der Waals surface area contributed by atoms with E-state index in [0.29, 0.717) is 5.69 Å². The maximum absolute atomic E-state index is 9.68. The van der Waals surface area contributed by atoms with Crippen molar-refractivity contribution in [3.63, 3.8) is 0 Å². The molecule has 0 bridgehead atoms. The first kappa shape index (κ1) is 20.9. The molecule has 0 amide bonds. The van der Waals surface area contributed by atoms with Crippen LogP contribution in [0, 0.1) is 17.7 Å². The molecule has 112 valence electrons. The molecule has 0 spiro atoms. The van der Waals surface area contributed by atoms with Gasteiger partial charge in [-0.3, -0.25) is 0 Å². The molecule has 0 saturated carbocycles. The summed E-state index contributed by atoms with van der Waals surface area (Å²) in [6.45, 7) is 2.08. The van der Waals surface area contributed by atoms with Crippen LogP contribution in [0.4, 0.5) is 5.69 Å². The van der Waals surface area contributed by atoms with Gasteiger partial charge in [-0.05, 0) is 19.1 Å². The van der Waals surface area contributed by atoms with Crippen LogP contribution in [0.15, 0.2) is 65.7 Å². The normalized spacial score (nSPS) is 6.77. The molecule has 2 aromatic carbocycles. The Kier molecular flexibility index (Phi) is 16.7. The lowest BCUT2D eigenvalue weighted by atomic mass is 10.2. The third-order valence-corrected chi connectivity index (χ3v) is 1.87. The number of carbonyl (C=O) groups excluding carboxylic acids is 3. The van der Waals surface area contributed by atoms with Gasteiger partial charge in [-0.1, -0.05) is 54.1 Å². The summed E-state index contributed by atoms with van der Waals surface area (Å²) in [5.41, 5.74) is 1.97. The molecule has 0 saturated heterocycles. The number of rotatable bonds is 1. The number of aliphatic imine (C=N–C) groups is 1. The molecular weight excluding hydrogens is 282 g/mol. The molecular formula is C16H15N3O3. The SMILES string of the molecule is Cc1ccccc1.N=C=O.N=C=O.O=C=Nc1ccccc1. The van der Waals surface area contributed by atoms with E-state index in [1.165, 1.54) is 11.6 Å². The molecule has 2 rings (SSSR count). The van der Waals surface area contributed by atoms with E-state index in [-0.39, 0.29) is 0 Å². The van der Waals surface area contributed by atoms with Crippen molar-refractivity contribution in [2.45, 2.75) is 6.92 Å².